The van der Waals surface area contributed by atoms with Gasteiger partial charge in [-0.2, -0.15) is 0 Å². The molecule has 1 amide bonds. The maximum absolute atomic E-state index is 12.2. The average Bonchev–Trinajstić information content (AvgIpc) is 2.80. The Hall–Kier alpha value is -0.650. The average molecular weight is 320 g/mol. The molecule has 2 rings (SSSR count). The number of carbonyl (C=O) groups is 1. The largest absolute Gasteiger partial charge is 0.380 e. The van der Waals surface area contributed by atoms with Crippen LogP contribution >= 0.6 is 27.5 Å². The van der Waals surface area contributed by atoms with Crippen LogP contribution < -0.4 is 0 Å². The van der Waals surface area contributed by atoms with Crippen LogP contribution in [-0.2, 0) is 4.74 Å². The number of hydrogen-bond donors (Lipinski definition) is 0. The van der Waals surface area contributed by atoms with Crippen molar-refractivity contribution < 1.29 is 9.53 Å². The van der Waals surface area contributed by atoms with Crippen molar-refractivity contribution in [3.05, 3.63) is 27.5 Å². The van der Waals surface area contributed by atoms with E-state index in [1.54, 1.807) is 24.3 Å². The number of amides is 1. The van der Waals surface area contributed by atoms with Gasteiger partial charge in [0.05, 0.1) is 11.7 Å². The summed E-state index contributed by atoms with van der Waals surface area (Å²) in [6.45, 7) is 1.30. The second kappa shape index (κ2) is 5.33. The normalized spacial score (nSPS) is 19.7. The highest BCUT2D eigenvalue weighted by molar-refractivity contribution is 9.10. The molecule has 0 saturated carbocycles. The molecule has 1 aliphatic heterocycles. The van der Waals surface area contributed by atoms with Crippen molar-refractivity contribution in [1.82, 2.24) is 9.88 Å². The van der Waals surface area contributed by atoms with Crippen LogP contribution in [0.25, 0.3) is 0 Å². The Labute approximate surface area is 113 Å². The van der Waals surface area contributed by atoms with Crippen molar-refractivity contribution in [2.45, 2.75) is 12.5 Å². The van der Waals surface area contributed by atoms with Crippen LogP contribution in [0.3, 0.4) is 0 Å². The number of methoxy groups -OCH3 is 1. The third kappa shape index (κ3) is 2.78. The molecule has 6 heteroatoms. The fourth-order valence-electron chi connectivity index (χ4n) is 1.85. The van der Waals surface area contributed by atoms with Crippen LogP contribution in [0, 0.1) is 0 Å². The topological polar surface area (TPSA) is 42.4 Å². The number of pyridine rings is 1. The summed E-state index contributed by atoms with van der Waals surface area (Å²) in [7, 11) is 1.66. The minimum Gasteiger partial charge on any atom is -0.380 e. The third-order valence-electron chi connectivity index (χ3n) is 2.80. The Morgan fingerprint density at radius 1 is 1.71 bits per heavy atom. The highest BCUT2D eigenvalue weighted by atomic mass is 79.9. The lowest BCUT2D eigenvalue weighted by molar-refractivity contribution is 0.0724. The molecule has 0 bridgehead atoms. The molecule has 17 heavy (non-hydrogen) atoms. The smallest absolute Gasteiger partial charge is 0.257 e. The molecule has 0 spiro atoms. The van der Waals surface area contributed by atoms with Crippen LogP contribution in [0.5, 0.6) is 0 Å². The van der Waals surface area contributed by atoms with E-state index in [1.807, 2.05) is 0 Å². The van der Waals surface area contributed by atoms with E-state index in [2.05, 4.69) is 20.9 Å². The summed E-state index contributed by atoms with van der Waals surface area (Å²) >= 11 is 9.21. The van der Waals surface area contributed by atoms with Crippen molar-refractivity contribution in [1.29, 1.82) is 0 Å². The Balaban J connectivity index is 2.17. The van der Waals surface area contributed by atoms with Crippen LogP contribution in [-0.4, -0.2) is 42.1 Å². The lowest BCUT2D eigenvalue weighted by Gasteiger charge is -2.16. The van der Waals surface area contributed by atoms with Gasteiger partial charge in [-0.15, -0.1) is 0 Å². The highest BCUT2D eigenvalue weighted by Gasteiger charge is 2.28. The first-order valence-electron chi connectivity index (χ1n) is 5.25. The summed E-state index contributed by atoms with van der Waals surface area (Å²) in [5.41, 5.74) is 0.429. The van der Waals surface area contributed by atoms with Crippen LogP contribution in [0.1, 0.15) is 16.8 Å². The minimum absolute atomic E-state index is 0.0941. The van der Waals surface area contributed by atoms with E-state index in [9.17, 15) is 4.79 Å². The summed E-state index contributed by atoms with van der Waals surface area (Å²) in [4.78, 5) is 17.9. The van der Waals surface area contributed by atoms with Gasteiger partial charge in [0.2, 0.25) is 0 Å². The van der Waals surface area contributed by atoms with Gasteiger partial charge in [0, 0.05) is 30.9 Å². The Bertz CT molecular complexity index is 441. The molecule has 1 unspecified atom stereocenters. The minimum atomic E-state index is -0.0941. The molecule has 4 nitrogen and oxygen atoms in total. The van der Waals surface area contributed by atoms with Gasteiger partial charge in [-0.3, -0.25) is 4.79 Å². The lowest BCUT2D eigenvalue weighted by Crippen LogP contribution is -2.30. The van der Waals surface area contributed by atoms with Gasteiger partial charge < -0.3 is 9.64 Å². The summed E-state index contributed by atoms with van der Waals surface area (Å²) in [5.74, 6) is -0.0941. The molecule has 0 aliphatic carbocycles. The Morgan fingerprint density at radius 3 is 3.12 bits per heavy atom. The Kier molecular flexibility index (Phi) is 4.01. The van der Waals surface area contributed by atoms with Crippen molar-refractivity contribution in [3.8, 4) is 0 Å². The van der Waals surface area contributed by atoms with E-state index in [-0.39, 0.29) is 17.2 Å². The summed E-state index contributed by atoms with van der Waals surface area (Å²) < 4.78 is 5.97. The molecule has 1 aliphatic rings. The summed E-state index contributed by atoms with van der Waals surface area (Å²) in [5, 5.41) is 0.235. The number of aromatic nitrogens is 1. The number of halogens is 2. The molecule has 2 heterocycles. The van der Waals surface area contributed by atoms with Crippen molar-refractivity contribution in [3.63, 3.8) is 0 Å². The molecule has 0 aromatic carbocycles. The number of carbonyl (C=O) groups excluding carboxylic acids is 1. The number of rotatable bonds is 2. The lowest BCUT2D eigenvalue weighted by atomic mass is 10.2. The predicted molar refractivity (Wildman–Crippen MR) is 68.3 cm³/mol. The van der Waals surface area contributed by atoms with Crippen molar-refractivity contribution in [2.75, 3.05) is 20.2 Å². The monoisotopic (exact) mass is 318 g/mol. The van der Waals surface area contributed by atoms with E-state index in [0.29, 0.717) is 18.7 Å². The zero-order valence-corrected chi connectivity index (χ0v) is 11.7. The molecule has 1 fully saturated rings. The zero-order chi connectivity index (χ0) is 12.4. The van der Waals surface area contributed by atoms with E-state index in [0.717, 1.165) is 10.9 Å². The molecule has 0 N–H and O–H groups in total. The SMILES string of the molecule is COC1CCN(C(=O)c2cc(Br)cnc2Cl)C1. The Morgan fingerprint density at radius 2 is 2.47 bits per heavy atom. The summed E-state index contributed by atoms with van der Waals surface area (Å²) in [6, 6.07) is 1.69. The number of likely N-dealkylation sites (tertiary alicyclic amines) is 1. The van der Waals surface area contributed by atoms with Crippen LogP contribution in [0.15, 0.2) is 16.7 Å². The molecule has 0 radical (unpaired) electrons. The third-order valence-corrected chi connectivity index (χ3v) is 3.54. The van der Waals surface area contributed by atoms with E-state index in [4.69, 9.17) is 16.3 Å². The standard InChI is InChI=1S/C11H12BrClN2O2/c1-17-8-2-3-15(6-8)11(16)9-4-7(12)5-14-10(9)13/h4-5,8H,2-3,6H2,1H3. The number of hydrogen-bond acceptors (Lipinski definition) is 3. The molecule has 1 aromatic rings. The predicted octanol–water partition coefficient (Wildman–Crippen LogP) is 2.36. The van der Waals surface area contributed by atoms with E-state index >= 15 is 0 Å². The molecule has 92 valence electrons. The van der Waals surface area contributed by atoms with E-state index < -0.39 is 0 Å². The summed E-state index contributed by atoms with van der Waals surface area (Å²) in [6.07, 6.45) is 2.56. The maximum atomic E-state index is 12.2. The fourth-order valence-corrected chi connectivity index (χ4v) is 2.36. The molecular weight excluding hydrogens is 307 g/mol. The number of nitrogens with zero attached hydrogens (tertiary/aromatic N) is 2. The van der Waals surface area contributed by atoms with Gasteiger partial charge in [0.25, 0.3) is 5.91 Å². The first-order valence-corrected chi connectivity index (χ1v) is 6.42. The molecule has 1 aromatic heterocycles. The highest BCUT2D eigenvalue weighted by Crippen LogP contribution is 2.22. The second-order valence-electron chi connectivity index (χ2n) is 3.89. The zero-order valence-electron chi connectivity index (χ0n) is 9.32. The van der Waals surface area contributed by atoms with Gasteiger partial charge in [0.15, 0.2) is 0 Å². The second-order valence-corrected chi connectivity index (χ2v) is 5.16. The number of ether oxygens (including phenoxy) is 1. The maximum Gasteiger partial charge on any atom is 0.257 e. The first-order chi connectivity index (χ1) is 8.11. The van der Waals surface area contributed by atoms with Gasteiger partial charge in [-0.25, -0.2) is 4.98 Å². The van der Waals surface area contributed by atoms with Crippen molar-refractivity contribution >= 4 is 33.4 Å². The molecule has 1 saturated heterocycles. The van der Waals surface area contributed by atoms with Crippen LogP contribution in [0.4, 0.5) is 0 Å². The van der Waals surface area contributed by atoms with Gasteiger partial charge in [-0.05, 0) is 28.4 Å². The van der Waals surface area contributed by atoms with Gasteiger partial charge in [0.1, 0.15) is 5.15 Å². The van der Waals surface area contributed by atoms with Crippen LogP contribution in [0.2, 0.25) is 5.15 Å². The van der Waals surface area contributed by atoms with Gasteiger partial charge in [-0.1, -0.05) is 11.6 Å². The first kappa shape index (κ1) is 12.8. The van der Waals surface area contributed by atoms with Crippen molar-refractivity contribution in [2.24, 2.45) is 0 Å². The fraction of sp³-hybridized carbons (Fsp3) is 0.455. The van der Waals surface area contributed by atoms with E-state index in [1.165, 1.54) is 0 Å². The molecule has 1 atom stereocenters. The molecular formula is C11H12BrClN2O2. The van der Waals surface area contributed by atoms with Gasteiger partial charge >= 0.3 is 0 Å². The quantitative estimate of drug-likeness (QED) is 0.786.